The number of carbonyl (C=O) groups excluding carboxylic acids is 1. The summed E-state index contributed by atoms with van der Waals surface area (Å²) in [5.41, 5.74) is 5.48. The number of carbonyl (C=O) groups is 3. The van der Waals surface area contributed by atoms with Crippen LogP contribution in [0.25, 0.3) is 0 Å². The fourth-order valence-electron chi connectivity index (χ4n) is 3.92. The third-order valence-corrected chi connectivity index (χ3v) is 6.56. The van der Waals surface area contributed by atoms with Crippen LogP contribution in [-0.2, 0) is 14.4 Å². The molecule has 2 rings (SSSR count). The van der Waals surface area contributed by atoms with E-state index in [-0.39, 0.29) is 18.4 Å². The summed E-state index contributed by atoms with van der Waals surface area (Å²) in [6.45, 7) is 0.628. The van der Waals surface area contributed by atoms with Crippen LogP contribution in [-0.4, -0.2) is 64.7 Å². The van der Waals surface area contributed by atoms with Gasteiger partial charge in [0.15, 0.2) is 0 Å². The lowest BCUT2D eigenvalue weighted by Gasteiger charge is -2.26. The molecule has 1 amide bonds. The molecular weight excluding hydrogens is 406 g/mol. The van der Waals surface area contributed by atoms with Crippen molar-refractivity contribution in [1.82, 2.24) is 10.2 Å². The van der Waals surface area contributed by atoms with Gasteiger partial charge in [-0.05, 0) is 43.7 Å². The molecule has 0 aliphatic carbocycles. The molecule has 0 radical (unpaired) electrons. The minimum Gasteiger partial charge on any atom is -0.480 e. The van der Waals surface area contributed by atoms with E-state index >= 15 is 0 Å². The van der Waals surface area contributed by atoms with Crippen LogP contribution in [0, 0.1) is 0 Å². The Kier molecular flexibility index (Phi) is 10.3. The highest BCUT2D eigenvalue weighted by Crippen LogP contribution is 2.30. The number of hydrogen-bond acceptors (Lipinski definition) is 6. The Labute approximate surface area is 181 Å². The number of nitrogens with zero attached hydrogens (tertiary/aromatic N) is 1. The number of carboxylic acids is 2. The number of nitrogens with one attached hydrogen (secondary N) is 1. The quantitative estimate of drug-likeness (QED) is 0.346. The minimum absolute atomic E-state index is 0.0610. The van der Waals surface area contributed by atoms with Gasteiger partial charge in [0.2, 0.25) is 5.91 Å². The Balaban J connectivity index is 2.00. The zero-order valence-corrected chi connectivity index (χ0v) is 18.1. The van der Waals surface area contributed by atoms with Crippen LogP contribution >= 0.6 is 11.3 Å². The van der Waals surface area contributed by atoms with Crippen LogP contribution in [0.2, 0.25) is 0 Å². The van der Waals surface area contributed by atoms with Crippen LogP contribution in [0.1, 0.15) is 62.2 Å². The van der Waals surface area contributed by atoms with Gasteiger partial charge in [-0.25, -0.2) is 0 Å². The molecule has 1 aliphatic heterocycles. The molecule has 1 aromatic rings. The molecule has 1 fully saturated rings. The molecule has 3 unspecified atom stereocenters. The van der Waals surface area contributed by atoms with Crippen molar-refractivity contribution in [1.29, 1.82) is 0 Å². The summed E-state index contributed by atoms with van der Waals surface area (Å²) < 4.78 is 0. The van der Waals surface area contributed by atoms with Gasteiger partial charge in [-0.1, -0.05) is 31.7 Å². The smallest absolute Gasteiger partial charge is 0.323 e. The number of rotatable bonds is 13. The van der Waals surface area contributed by atoms with E-state index in [4.69, 9.17) is 5.73 Å². The molecule has 0 spiro atoms. The van der Waals surface area contributed by atoms with Crippen molar-refractivity contribution in [2.75, 3.05) is 19.6 Å². The molecule has 3 atom stereocenters. The highest BCUT2D eigenvalue weighted by atomic mass is 32.1. The first-order valence-electron chi connectivity index (χ1n) is 10.6. The number of likely N-dealkylation sites (tertiary alicyclic amines) is 1. The highest BCUT2D eigenvalue weighted by Gasteiger charge is 2.35. The highest BCUT2D eigenvalue weighted by molar-refractivity contribution is 7.10. The van der Waals surface area contributed by atoms with Crippen molar-refractivity contribution < 1.29 is 24.6 Å². The summed E-state index contributed by atoms with van der Waals surface area (Å²) in [4.78, 5) is 38.5. The molecule has 1 aromatic heterocycles. The van der Waals surface area contributed by atoms with E-state index < -0.39 is 24.0 Å². The molecule has 0 saturated carbocycles. The predicted octanol–water partition coefficient (Wildman–Crippen LogP) is 2.25. The Morgan fingerprint density at radius 3 is 2.57 bits per heavy atom. The third kappa shape index (κ3) is 7.70. The Bertz CT molecular complexity index is 682. The van der Waals surface area contributed by atoms with E-state index in [9.17, 15) is 24.6 Å². The van der Waals surface area contributed by atoms with E-state index in [0.29, 0.717) is 32.4 Å². The lowest BCUT2D eigenvalue weighted by Crippen LogP contribution is -2.52. The SMILES string of the molecule is NCCCCCCCC(NC1CCC(c2cccs2)CN(CC(=O)O)C1=O)C(=O)O. The van der Waals surface area contributed by atoms with E-state index in [1.807, 2.05) is 17.5 Å². The van der Waals surface area contributed by atoms with E-state index in [0.717, 1.165) is 37.0 Å². The maximum atomic E-state index is 13.0. The molecule has 5 N–H and O–H groups in total. The number of nitrogens with two attached hydrogens (primary N) is 1. The molecule has 1 saturated heterocycles. The predicted molar refractivity (Wildman–Crippen MR) is 116 cm³/mol. The summed E-state index contributed by atoms with van der Waals surface area (Å²) >= 11 is 1.59. The molecule has 168 valence electrons. The molecule has 0 aromatic carbocycles. The zero-order valence-electron chi connectivity index (χ0n) is 17.3. The largest absolute Gasteiger partial charge is 0.480 e. The summed E-state index contributed by atoms with van der Waals surface area (Å²) in [7, 11) is 0. The van der Waals surface area contributed by atoms with Gasteiger partial charge in [0, 0.05) is 17.3 Å². The normalized spacial score (nSPS) is 20.7. The van der Waals surface area contributed by atoms with Gasteiger partial charge in [-0.15, -0.1) is 11.3 Å². The fraction of sp³-hybridized carbons (Fsp3) is 0.667. The maximum absolute atomic E-state index is 13.0. The number of hydrogen-bond donors (Lipinski definition) is 4. The molecule has 1 aliphatic rings. The standard InChI is InChI=1S/C21H33N3O5S/c22-11-5-3-1-2-4-7-17(21(28)29)23-16-10-9-15(18-8-6-12-30-18)13-24(20(16)27)14-19(25)26/h6,8,12,15-17,23H,1-5,7,9-11,13-14,22H2,(H,25,26)(H,28,29). The molecule has 9 heteroatoms. The lowest BCUT2D eigenvalue weighted by molar-refractivity contribution is -0.146. The number of thiophene rings is 1. The van der Waals surface area contributed by atoms with Crippen LogP contribution in [0.5, 0.6) is 0 Å². The molecular formula is C21H33N3O5S. The molecule has 0 bridgehead atoms. The van der Waals surface area contributed by atoms with Crippen molar-refractivity contribution in [3.8, 4) is 0 Å². The van der Waals surface area contributed by atoms with Crippen LogP contribution in [0.4, 0.5) is 0 Å². The van der Waals surface area contributed by atoms with Crippen molar-refractivity contribution in [2.24, 2.45) is 5.73 Å². The summed E-state index contributed by atoms with van der Waals surface area (Å²) in [6.07, 6.45) is 6.33. The number of amides is 1. The molecule has 8 nitrogen and oxygen atoms in total. The van der Waals surface area contributed by atoms with Crippen LogP contribution in [0.3, 0.4) is 0 Å². The average molecular weight is 440 g/mol. The summed E-state index contributed by atoms with van der Waals surface area (Å²) in [5.74, 6) is -2.31. The van der Waals surface area contributed by atoms with Gasteiger partial charge in [0.25, 0.3) is 0 Å². The van der Waals surface area contributed by atoms with Crippen molar-refractivity contribution in [2.45, 2.75) is 69.4 Å². The number of carboxylic acid groups (broad SMARTS) is 2. The first-order chi connectivity index (χ1) is 14.4. The second kappa shape index (κ2) is 12.7. The molecule has 2 heterocycles. The number of aliphatic carboxylic acids is 2. The minimum atomic E-state index is -1.07. The van der Waals surface area contributed by atoms with E-state index in [1.165, 1.54) is 4.90 Å². The van der Waals surface area contributed by atoms with Crippen molar-refractivity contribution in [3.63, 3.8) is 0 Å². The maximum Gasteiger partial charge on any atom is 0.323 e. The van der Waals surface area contributed by atoms with Gasteiger partial charge >= 0.3 is 11.9 Å². The Morgan fingerprint density at radius 2 is 1.93 bits per heavy atom. The first kappa shape index (κ1) is 24.3. The Morgan fingerprint density at radius 1 is 1.20 bits per heavy atom. The summed E-state index contributed by atoms with van der Waals surface area (Å²) in [6, 6.07) is 2.43. The second-order valence-electron chi connectivity index (χ2n) is 7.86. The number of unbranched alkanes of at least 4 members (excludes halogenated alkanes) is 4. The van der Waals surface area contributed by atoms with Gasteiger partial charge in [0.05, 0.1) is 6.04 Å². The topological polar surface area (TPSA) is 133 Å². The van der Waals surface area contributed by atoms with Gasteiger partial charge in [-0.3, -0.25) is 19.7 Å². The fourth-order valence-corrected chi connectivity index (χ4v) is 4.78. The van der Waals surface area contributed by atoms with Crippen LogP contribution < -0.4 is 11.1 Å². The first-order valence-corrected chi connectivity index (χ1v) is 11.5. The van der Waals surface area contributed by atoms with Crippen LogP contribution in [0.15, 0.2) is 17.5 Å². The Hall–Kier alpha value is -1.97. The van der Waals surface area contributed by atoms with E-state index in [2.05, 4.69) is 5.32 Å². The summed E-state index contributed by atoms with van der Waals surface area (Å²) in [5, 5.41) is 23.8. The lowest BCUT2D eigenvalue weighted by atomic mass is 9.99. The third-order valence-electron chi connectivity index (χ3n) is 5.52. The van der Waals surface area contributed by atoms with Gasteiger partial charge < -0.3 is 20.8 Å². The zero-order chi connectivity index (χ0) is 21.9. The second-order valence-corrected chi connectivity index (χ2v) is 8.84. The van der Waals surface area contributed by atoms with Crippen molar-refractivity contribution in [3.05, 3.63) is 22.4 Å². The average Bonchev–Trinajstić information content (AvgIpc) is 3.19. The molecule has 30 heavy (non-hydrogen) atoms. The monoisotopic (exact) mass is 439 g/mol. The van der Waals surface area contributed by atoms with Crippen molar-refractivity contribution >= 4 is 29.2 Å². The van der Waals surface area contributed by atoms with Gasteiger partial charge in [0.1, 0.15) is 12.6 Å². The van der Waals surface area contributed by atoms with E-state index in [1.54, 1.807) is 11.3 Å². The van der Waals surface area contributed by atoms with Gasteiger partial charge in [-0.2, -0.15) is 0 Å².